The lowest BCUT2D eigenvalue weighted by Gasteiger charge is -2.22. The number of rotatable bonds is 10. The fourth-order valence-electron chi connectivity index (χ4n) is 4.39. The Morgan fingerprint density at radius 2 is 1.82 bits per heavy atom. The zero-order chi connectivity index (χ0) is 28.0. The number of halogens is 1. The van der Waals surface area contributed by atoms with Gasteiger partial charge in [-0.25, -0.2) is 19.1 Å². The molecule has 1 aliphatic rings. The molecule has 4 rings (SSSR count). The number of hydrogen-bond acceptors (Lipinski definition) is 7. The summed E-state index contributed by atoms with van der Waals surface area (Å²) < 4.78 is 53.9. The van der Waals surface area contributed by atoms with E-state index in [-0.39, 0.29) is 22.4 Å². The summed E-state index contributed by atoms with van der Waals surface area (Å²) in [5.74, 6) is -0.461. The highest BCUT2D eigenvalue weighted by Gasteiger charge is 2.25. The molecule has 3 aromatic rings. The van der Waals surface area contributed by atoms with Crippen LogP contribution in [-0.2, 0) is 10.0 Å². The summed E-state index contributed by atoms with van der Waals surface area (Å²) in [5.41, 5.74) is 1.26. The highest BCUT2D eigenvalue weighted by molar-refractivity contribution is 7.90. The molecule has 0 radical (unpaired) electrons. The Hall–Kier alpha value is -3.53. The smallest absolute Gasteiger partial charge is 0.281 e. The summed E-state index contributed by atoms with van der Waals surface area (Å²) in [6.45, 7) is 6.42. The number of hydrogen-bond donors (Lipinski definition) is 1. The first-order valence-corrected chi connectivity index (χ1v) is 14.7. The van der Waals surface area contributed by atoms with Gasteiger partial charge in [-0.15, -0.1) is 0 Å². The van der Waals surface area contributed by atoms with Gasteiger partial charge in [0.25, 0.3) is 15.9 Å². The van der Waals surface area contributed by atoms with Crippen molar-refractivity contribution in [2.24, 2.45) is 11.8 Å². The number of benzene rings is 1. The van der Waals surface area contributed by atoms with Crippen LogP contribution in [0.2, 0.25) is 0 Å². The Morgan fingerprint density at radius 1 is 1.05 bits per heavy atom. The van der Waals surface area contributed by atoms with Gasteiger partial charge in [0, 0.05) is 17.3 Å². The van der Waals surface area contributed by atoms with Crippen molar-refractivity contribution in [3.05, 3.63) is 65.6 Å². The van der Waals surface area contributed by atoms with Gasteiger partial charge < -0.3 is 9.47 Å². The molecule has 0 bridgehead atoms. The van der Waals surface area contributed by atoms with E-state index in [4.69, 9.17) is 9.47 Å². The van der Waals surface area contributed by atoms with Gasteiger partial charge in [-0.3, -0.25) is 4.79 Å². The predicted octanol–water partition coefficient (Wildman–Crippen LogP) is 5.70. The van der Waals surface area contributed by atoms with Gasteiger partial charge in [0.05, 0.1) is 18.9 Å². The molecule has 1 aromatic carbocycles. The van der Waals surface area contributed by atoms with Crippen LogP contribution in [0.3, 0.4) is 0 Å². The van der Waals surface area contributed by atoms with Crippen molar-refractivity contribution in [3.63, 3.8) is 0 Å². The zero-order valence-electron chi connectivity index (χ0n) is 22.4. The van der Waals surface area contributed by atoms with Crippen LogP contribution >= 0.6 is 0 Å². The van der Waals surface area contributed by atoms with E-state index >= 15 is 0 Å². The minimum Gasteiger partial charge on any atom is -0.493 e. The molecule has 0 spiro atoms. The number of amides is 1. The van der Waals surface area contributed by atoms with Crippen LogP contribution < -0.4 is 14.2 Å². The third-order valence-electron chi connectivity index (χ3n) is 6.40. The third-order valence-corrected chi connectivity index (χ3v) is 7.63. The summed E-state index contributed by atoms with van der Waals surface area (Å²) in [6, 6.07) is 11.8. The lowest BCUT2D eigenvalue weighted by Crippen LogP contribution is -2.32. The Kier molecular flexibility index (Phi) is 9.16. The molecule has 2 heterocycles. The molecule has 1 saturated carbocycles. The van der Waals surface area contributed by atoms with Gasteiger partial charge in [-0.1, -0.05) is 39.2 Å². The second-order valence-electron chi connectivity index (χ2n) is 10.3. The Bertz CT molecular complexity index is 1420. The number of carbonyl (C=O) groups is 1. The molecule has 39 heavy (non-hydrogen) atoms. The molecule has 1 N–H and O–H groups in total. The molecule has 8 nitrogen and oxygen atoms in total. The SMILES string of the molecule is Cc1cccc(S(=O)(=O)NC(=O)c2ccc(-c3cc(F)cc(OCC(C)C)c3)nc2OCC2CCCCC2)n1. The minimum absolute atomic E-state index is 0.0168. The molecule has 0 aliphatic heterocycles. The Labute approximate surface area is 229 Å². The van der Waals surface area contributed by atoms with Crippen molar-refractivity contribution in [2.45, 2.75) is 57.9 Å². The zero-order valence-corrected chi connectivity index (χ0v) is 23.3. The summed E-state index contributed by atoms with van der Waals surface area (Å²) in [6.07, 6.45) is 5.42. The highest BCUT2D eigenvalue weighted by atomic mass is 32.2. The van der Waals surface area contributed by atoms with E-state index < -0.39 is 21.7 Å². The van der Waals surface area contributed by atoms with Gasteiger partial charge in [0.1, 0.15) is 17.1 Å². The first-order valence-electron chi connectivity index (χ1n) is 13.2. The van der Waals surface area contributed by atoms with Gasteiger partial charge >= 0.3 is 0 Å². The van der Waals surface area contributed by atoms with Crippen LogP contribution in [0.15, 0.2) is 53.6 Å². The quantitative estimate of drug-likeness (QED) is 0.342. The van der Waals surface area contributed by atoms with Crippen molar-refractivity contribution in [3.8, 4) is 22.9 Å². The van der Waals surface area contributed by atoms with Crippen LogP contribution in [0.25, 0.3) is 11.3 Å². The highest BCUT2D eigenvalue weighted by Crippen LogP contribution is 2.30. The standard InChI is InChI=1S/C29H34FN3O5S/c1-19(2)17-37-24-15-22(14-23(30)16-24)26-13-12-25(29(32-26)38-18-21-9-5-4-6-10-21)28(34)33-39(35,36)27-11-7-8-20(3)31-27/h7-8,11-16,19,21H,4-6,9-10,17-18H2,1-3H3,(H,33,34). The number of sulfonamides is 1. The van der Waals surface area contributed by atoms with Crippen molar-refractivity contribution in [2.75, 3.05) is 13.2 Å². The van der Waals surface area contributed by atoms with Crippen LogP contribution in [0.1, 0.15) is 62.0 Å². The van der Waals surface area contributed by atoms with Gasteiger partial charge in [0.15, 0.2) is 5.03 Å². The van der Waals surface area contributed by atoms with Gasteiger partial charge in [-0.05, 0) is 68.0 Å². The van der Waals surface area contributed by atoms with Crippen LogP contribution in [0.5, 0.6) is 11.6 Å². The molecular formula is C29H34FN3O5S. The fourth-order valence-corrected chi connectivity index (χ4v) is 5.37. The van der Waals surface area contributed by atoms with E-state index in [1.807, 2.05) is 13.8 Å². The molecule has 1 amide bonds. The average molecular weight is 556 g/mol. The normalized spacial score (nSPS) is 14.3. The number of nitrogens with one attached hydrogen (secondary N) is 1. The number of aryl methyl sites for hydroxylation is 1. The molecule has 10 heteroatoms. The van der Waals surface area contributed by atoms with Crippen molar-refractivity contribution in [1.82, 2.24) is 14.7 Å². The summed E-state index contributed by atoms with van der Waals surface area (Å²) >= 11 is 0. The Morgan fingerprint density at radius 3 is 2.54 bits per heavy atom. The van der Waals surface area contributed by atoms with E-state index in [2.05, 4.69) is 14.7 Å². The van der Waals surface area contributed by atoms with Crippen molar-refractivity contribution in [1.29, 1.82) is 0 Å². The maximum Gasteiger partial charge on any atom is 0.281 e. The van der Waals surface area contributed by atoms with Crippen molar-refractivity contribution >= 4 is 15.9 Å². The average Bonchev–Trinajstić information content (AvgIpc) is 2.90. The van der Waals surface area contributed by atoms with Crippen LogP contribution in [0, 0.1) is 24.6 Å². The number of ether oxygens (including phenoxy) is 2. The van der Waals surface area contributed by atoms with E-state index in [0.29, 0.717) is 41.8 Å². The second-order valence-corrected chi connectivity index (χ2v) is 11.9. The molecule has 0 atom stereocenters. The van der Waals surface area contributed by atoms with E-state index in [0.717, 1.165) is 25.7 Å². The van der Waals surface area contributed by atoms with Gasteiger partial charge in [0.2, 0.25) is 5.88 Å². The molecule has 1 fully saturated rings. The molecule has 0 saturated heterocycles. The number of carbonyl (C=O) groups excluding carboxylic acids is 1. The van der Waals surface area contributed by atoms with E-state index in [9.17, 15) is 17.6 Å². The Balaban J connectivity index is 1.65. The molecule has 208 valence electrons. The lowest BCUT2D eigenvalue weighted by molar-refractivity contribution is 0.0974. The lowest BCUT2D eigenvalue weighted by atomic mass is 9.90. The van der Waals surface area contributed by atoms with Crippen molar-refractivity contribution < 1.29 is 27.1 Å². The first-order chi connectivity index (χ1) is 18.6. The monoisotopic (exact) mass is 555 g/mol. The molecule has 2 aromatic heterocycles. The topological polar surface area (TPSA) is 107 Å². The number of pyridine rings is 2. The first kappa shape index (κ1) is 28.5. The van der Waals surface area contributed by atoms with Gasteiger partial charge in [-0.2, -0.15) is 8.42 Å². The minimum atomic E-state index is -4.23. The summed E-state index contributed by atoms with van der Waals surface area (Å²) in [5, 5.41) is -0.265. The molecule has 0 unspecified atom stereocenters. The van der Waals surface area contributed by atoms with E-state index in [1.54, 1.807) is 25.1 Å². The van der Waals surface area contributed by atoms with Crippen LogP contribution in [-0.4, -0.2) is 37.5 Å². The molecule has 1 aliphatic carbocycles. The van der Waals surface area contributed by atoms with Crippen LogP contribution in [0.4, 0.5) is 4.39 Å². The third kappa shape index (κ3) is 7.75. The molecular weight excluding hydrogens is 521 g/mol. The number of aromatic nitrogens is 2. The maximum atomic E-state index is 14.4. The fraction of sp³-hybridized carbons (Fsp3) is 0.414. The second kappa shape index (κ2) is 12.5. The van der Waals surface area contributed by atoms with E-state index in [1.165, 1.54) is 36.8 Å². The number of nitrogens with zero attached hydrogens (tertiary/aromatic N) is 2. The summed E-state index contributed by atoms with van der Waals surface area (Å²) in [4.78, 5) is 21.7. The summed E-state index contributed by atoms with van der Waals surface area (Å²) in [7, 11) is -4.23. The predicted molar refractivity (Wildman–Crippen MR) is 146 cm³/mol. The largest absolute Gasteiger partial charge is 0.493 e. The maximum absolute atomic E-state index is 14.4.